The number of aliphatic hydroxyl groups excluding tert-OH is 1. The molecule has 0 saturated carbocycles. The van der Waals surface area contributed by atoms with Gasteiger partial charge < -0.3 is 25.8 Å². The van der Waals surface area contributed by atoms with Crippen molar-refractivity contribution in [3.63, 3.8) is 0 Å². The van der Waals surface area contributed by atoms with E-state index in [9.17, 15) is 19.1 Å². The van der Waals surface area contributed by atoms with Crippen LogP contribution in [0.5, 0.6) is 5.75 Å². The van der Waals surface area contributed by atoms with Crippen molar-refractivity contribution in [2.75, 3.05) is 19.7 Å². The van der Waals surface area contributed by atoms with Gasteiger partial charge in [0.2, 0.25) is 11.8 Å². The zero-order valence-corrected chi connectivity index (χ0v) is 20.2. The molecule has 1 aliphatic rings. The third kappa shape index (κ3) is 9.26. The van der Waals surface area contributed by atoms with Gasteiger partial charge in [-0.05, 0) is 60.9 Å². The number of carbonyl (C=O) groups excluding carboxylic acids is 2. The standard InChI is InChI=1S/C26H35FN4O4/c1-2-18-8-20(14-28-13-18)15-29-16-24(32)23-11-19-9-21(27)12-22(10-19)35-7-5-3-4-6-25(33)30-17-26(34)31-23/h8-10,12-14,23-24,29,32H,2-7,11,15-17H2,1H3,(H,30,33)(H,31,34). The quantitative estimate of drug-likeness (QED) is 0.497. The predicted octanol–water partition coefficient (Wildman–Crippen LogP) is 2.03. The maximum Gasteiger partial charge on any atom is 0.239 e. The zero-order chi connectivity index (χ0) is 25.0. The molecule has 1 aliphatic heterocycles. The van der Waals surface area contributed by atoms with Gasteiger partial charge in [0.05, 0.1) is 25.3 Å². The van der Waals surface area contributed by atoms with Crippen LogP contribution < -0.4 is 20.7 Å². The van der Waals surface area contributed by atoms with Gasteiger partial charge in [-0.25, -0.2) is 4.39 Å². The molecule has 2 aromatic rings. The molecule has 1 aromatic heterocycles. The van der Waals surface area contributed by atoms with Crippen LogP contribution in [0.3, 0.4) is 0 Å². The van der Waals surface area contributed by atoms with Crippen LogP contribution in [-0.2, 0) is 29.0 Å². The number of aliphatic hydroxyl groups is 1. The van der Waals surface area contributed by atoms with Crippen LogP contribution in [-0.4, -0.2) is 53.7 Å². The molecule has 190 valence electrons. The summed E-state index contributed by atoms with van der Waals surface area (Å²) in [7, 11) is 0. The van der Waals surface area contributed by atoms with Gasteiger partial charge in [-0.1, -0.05) is 13.0 Å². The Morgan fingerprint density at radius 3 is 2.80 bits per heavy atom. The summed E-state index contributed by atoms with van der Waals surface area (Å²) < 4.78 is 19.9. The first-order valence-electron chi connectivity index (χ1n) is 12.2. The molecule has 1 aromatic carbocycles. The van der Waals surface area contributed by atoms with Gasteiger partial charge in [0.25, 0.3) is 0 Å². The second kappa shape index (κ2) is 13.7. The number of nitrogens with one attached hydrogen (secondary N) is 3. The average molecular weight is 487 g/mol. The number of amides is 2. The minimum atomic E-state index is -0.955. The Balaban J connectivity index is 1.70. The van der Waals surface area contributed by atoms with E-state index in [2.05, 4.69) is 33.9 Å². The number of hydrogen-bond donors (Lipinski definition) is 4. The number of fused-ring (bicyclic) bond motifs is 2. The zero-order valence-electron chi connectivity index (χ0n) is 20.2. The number of aryl methyl sites for hydroxylation is 1. The fraction of sp³-hybridized carbons (Fsp3) is 0.500. The number of benzene rings is 1. The van der Waals surface area contributed by atoms with Gasteiger partial charge in [0.15, 0.2) is 0 Å². The van der Waals surface area contributed by atoms with Gasteiger partial charge >= 0.3 is 0 Å². The molecule has 0 saturated heterocycles. The minimum absolute atomic E-state index is 0.178. The second-order valence-corrected chi connectivity index (χ2v) is 8.86. The van der Waals surface area contributed by atoms with Gasteiger partial charge in [0, 0.05) is 38.0 Å². The molecule has 0 fully saturated rings. The summed E-state index contributed by atoms with van der Waals surface area (Å²) in [5.74, 6) is -0.637. The monoisotopic (exact) mass is 486 g/mol. The van der Waals surface area contributed by atoms with E-state index >= 15 is 0 Å². The van der Waals surface area contributed by atoms with Crippen molar-refractivity contribution >= 4 is 11.8 Å². The summed E-state index contributed by atoms with van der Waals surface area (Å²) in [6.07, 6.45) is 6.24. The summed E-state index contributed by atoms with van der Waals surface area (Å²) in [6.45, 7) is 3.01. The largest absolute Gasteiger partial charge is 0.493 e. The summed E-state index contributed by atoms with van der Waals surface area (Å²) in [5.41, 5.74) is 2.72. The fourth-order valence-electron chi connectivity index (χ4n) is 3.98. The van der Waals surface area contributed by atoms with E-state index in [1.165, 1.54) is 12.1 Å². The molecule has 2 bridgehead atoms. The lowest BCUT2D eigenvalue weighted by Crippen LogP contribution is -2.51. The molecule has 2 amide bonds. The van der Waals surface area contributed by atoms with Gasteiger partial charge in [-0.3, -0.25) is 14.6 Å². The number of rotatable bonds is 6. The van der Waals surface area contributed by atoms with Crippen LogP contribution in [0.4, 0.5) is 4.39 Å². The molecule has 9 heteroatoms. The SMILES string of the molecule is CCc1cncc(CNCC(O)C2Cc3cc(F)cc(c3)OCCCCCC(=O)NCC(=O)N2)c1. The summed E-state index contributed by atoms with van der Waals surface area (Å²) in [5, 5.41) is 19.5. The molecule has 0 radical (unpaired) electrons. The molecule has 2 heterocycles. The van der Waals surface area contributed by atoms with E-state index < -0.39 is 23.9 Å². The molecule has 35 heavy (non-hydrogen) atoms. The highest BCUT2D eigenvalue weighted by Crippen LogP contribution is 2.19. The normalized spacial score (nSPS) is 18.8. The van der Waals surface area contributed by atoms with Crippen molar-refractivity contribution in [1.82, 2.24) is 20.9 Å². The van der Waals surface area contributed by atoms with Gasteiger partial charge in [-0.15, -0.1) is 0 Å². The third-order valence-electron chi connectivity index (χ3n) is 5.90. The minimum Gasteiger partial charge on any atom is -0.493 e. The van der Waals surface area contributed by atoms with Crippen molar-refractivity contribution in [3.8, 4) is 5.75 Å². The first kappa shape index (κ1) is 26.6. The number of halogens is 1. The molecule has 2 atom stereocenters. The van der Waals surface area contributed by atoms with Crippen LogP contribution in [0.2, 0.25) is 0 Å². The van der Waals surface area contributed by atoms with E-state index in [0.717, 1.165) is 30.4 Å². The van der Waals surface area contributed by atoms with Crippen molar-refractivity contribution in [2.45, 2.75) is 64.1 Å². The van der Waals surface area contributed by atoms with Crippen LogP contribution in [0.1, 0.15) is 49.3 Å². The molecule has 0 spiro atoms. The van der Waals surface area contributed by atoms with Crippen LogP contribution >= 0.6 is 0 Å². The summed E-state index contributed by atoms with van der Waals surface area (Å²) >= 11 is 0. The predicted molar refractivity (Wildman–Crippen MR) is 130 cm³/mol. The van der Waals surface area contributed by atoms with E-state index in [0.29, 0.717) is 37.3 Å². The number of pyridine rings is 1. The van der Waals surface area contributed by atoms with Crippen molar-refractivity contribution in [3.05, 3.63) is 59.2 Å². The Morgan fingerprint density at radius 1 is 1.14 bits per heavy atom. The van der Waals surface area contributed by atoms with Crippen LogP contribution in [0.25, 0.3) is 0 Å². The Hall–Kier alpha value is -3.04. The van der Waals surface area contributed by atoms with Gasteiger partial charge in [-0.2, -0.15) is 0 Å². The highest BCUT2D eigenvalue weighted by Gasteiger charge is 2.23. The van der Waals surface area contributed by atoms with Gasteiger partial charge in [0.1, 0.15) is 11.6 Å². The molecule has 2 unspecified atom stereocenters. The summed E-state index contributed by atoms with van der Waals surface area (Å²) in [6, 6.07) is 5.79. The molecule has 8 nitrogen and oxygen atoms in total. The first-order chi connectivity index (χ1) is 16.9. The smallest absolute Gasteiger partial charge is 0.239 e. The summed E-state index contributed by atoms with van der Waals surface area (Å²) in [4.78, 5) is 28.8. The van der Waals surface area contributed by atoms with Crippen LogP contribution in [0.15, 0.2) is 36.7 Å². The van der Waals surface area contributed by atoms with E-state index in [1.54, 1.807) is 12.3 Å². The Labute approximate surface area is 205 Å². The van der Waals surface area contributed by atoms with Crippen molar-refractivity contribution in [2.24, 2.45) is 0 Å². The number of hydrogen-bond acceptors (Lipinski definition) is 6. The number of aromatic nitrogens is 1. The Bertz CT molecular complexity index is 988. The van der Waals surface area contributed by atoms with E-state index in [1.807, 2.05) is 6.20 Å². The van der Waals surface area contributed by atoms with E-state index in [4.69, 9.17) is 4.74 Å². The number of nitrogens with zero attached hydrogens (tertiary/aromatic N) is 1. The average Bonchev–Trinajstić information content (AvgIpc) is 2.83. The maximum absolute atomic E-state index is 14.2. The highest BCUT2D eigenvalue weighted by molar-refractivity contribution is 5.84. The van der Waals surface area contributed by atoms with Crippen molar-refractivity contribution in [1.29, 1.82) is 0 Å². The highest BCUT2D eigenvalue weighted by atomic mass is 19.1. The molecule has 4 N–H and O–H groups in total. The molecular formula is C26H35FN4O4. The Kier molecular flexibility index (Phi) is 10.4. The lowest BCUT2D eigenvalue weighted by atomic mass is 10.00. The molecule has 3 rings (SSSR count). The Morgan fingerprint density at radius 2 is 1.97 bits per heavy atom. The second-order valence-electron chi connectivity index (χ2n) is 8.86. The molecule has 0 aliphatic carbocycles. The van der Waals surface area contributed by atoms with Crippen molar-refractivity contribution < 1.29 is 23.8 Å². The first-order valence-corrected chi connectivity index (χ1v) is 12.2. The maximum atomic E-state index is 14.2. The fourth-order valence-corrected chi connectivity index (χ4v) is 3.98. The lowest BCUT2D eigenvalue weighted by molar-refractivity contribution is -0.126. The lowest BCUT2D eigenvalue weighted by Gasteiger charge is -2.25. The topological polar surface area (TPSA) is 113 Å². The number of carbonyl (C=O) groups is 2. The number of ether oxygens (including phenoxy) is 1. The van der Waals surface area contributed by atoms with Crippen LogP contribution in [0, 0.1) is 5.82 Å². The van der Waals surface area contributed by atoms with E-state index in [-0.39, 0.29) is 25.4 Å². The molecular weight excluding hydrogens is 451 g/mol. The third-order valence-corrected chi connectivity index (χ3v) is 5.90.